The molecule has 110 valence electrons. The van der Waals surface area contributed by atoms with Gasteiger partial charge in [0.15, 0.2) is 0 Å². The SMILES string of the molecule is COc1ccc(N(/C=C/CO)C(=O)OC(C)(C)C)cc1. The van der Waals surface area contributed by atoms with Crippen molar-refractivity contribution in [3.63, 3.8) is 0 Å². The lowest BCUT2D eigenvalue weighted by molar-refractivity contribution is 0.0596. The van der Waals surface area contributed by atoms with Gasteiger partial charge >= 0.3 is 6.09 Å². The van der Waals surface area contributed by atoms with Gasteiger partial charge in [-0.15, -0.1) is 0 Å². The van der Waals surface area contributed by atoms with Crippen LogP contribution in [0, 0.1) is 0 Å². The van der Waals surface area contributed by atoms with Crippen LogP contribution < -0.4 is 9.64 Å². The number of carbonyl (C=O) groups is 1. The molecule has 0 unspecified atom stereocenters. The Morgan fingerprint density at radius 2 is 1.90 bits per heavy atom. The van der Waals surface area contributed by atoms with Crippen molar-refractivity contribution in [2.24, 2.45) is 0 Å². The van der Waals surface area contributed by atoms with Crippen molar-refractivity contribution in [3.8, 4) is 5.75 Å². The van der Waals surface area contributed by atoms with E-state index >= 15 is 0 Å². The minimum atomic E-state index is -0.588. The first-order valence-electron chi connectivity index (χ1n) is 6.31. The number of benzene rings is 1. The number of hydrogen-bond acceptors (Lipinski definition) is 4. The average Bonchev–Trinajstić information content (AvgIpc) is 2.38. The summed E-state index contributed by atoms with van der Waals surface area (Å²) < 4.78 is 10.4. The number of aliphatic hydroxyl groups excluding tert-OH is 1. The summed E-state index contributed by atoms with van der Waals surface area (Å²) in [6, 6.07) is 6.98. The Morgan fingerprint density at radius 3 is 2.35 bits per heavy atom. The Balaban J connectivity index is 2.98. The van der Waals surface area contributed by atoms with Gasteiger partial charge in [-0.05, 0) is 51.1 Å². The molecule has 0 aliphatic heterocycles. The normalized spacial score (nSPS) is 11.4. The number of ether oxygens (including phenoxy) is 2. The maximum Gasteiger partial charge on any atom is 0.418 e. The zero-order valence-electron chi connectivity index (χ0n) is 12.3. The van der Waals surface area contributed by atoms with Crippen LogP contribution in [0.5, 0.6) is 5.75 Å². The Hall–Kier alpha value is -2.01. The molecule has 0 heterocycles. The Labute approximate surface area is 119 Å². The van der Waals surface area contributed by atoms with Gasteiger partial charge in [0, 0.05) is 6.20 Å². The second-order valence-electron chi connectivity index (χ2n) is 5.12. The van der Waals surface area contributed by atoms with Crippen molar-refractivity contribution in [2.75, 3.05) is 18.6 Å². The van der Waals surface area contributed by atoms with Gasteiger partial charge in [0.25, 0.3) is 0 Å². The molecular weight excluding hydrogens is 258 g/mol. The molecule has 0 saturated heterocycles. The summed E-state index contributed by atoms with van der Waals surface area (Å²) in [6.45, 7) is 5.24. The number of anilines is 1. The van der Waals surface area contributed by atoms with E-state index in [1.807, 2.05) is 0 Å². The molecule has 0 radical (unpaired) electrons. The van der Waals surface area contributed by atoms with Crippen molar-refractivity contribution in [3.05, 3.63) is 36.5 Å². The van der Waals surface area contributed by atoms with Crippen molar-refractivity contribution in [2.45, 2.75) is 26.4 Å². The van der Waals surface area contributed by atoms with E-state index < -0.39 is 11.7 Å². The largest absolute Gasteiger partial charge is 0.497 e. The summed E-state index contributed by atoms with van der Waals surface area (Å²) in [7, 11) is 1.58. The molecule has 5 heteroatoms. The lowest BCUT2D eigenvalue weighted by atomic mass is 10.2. The van der Waals surface area contributed by atoms with Gasteiger partial charge in [0.1, 0.15) is 11.4 Å². The standard InChI is InChI=1S/C15H21NO4/c1-15(2,3)20-14(18)16(10-5-11-17)12-6-8-13(19-4)9-7-12/h5-10,17H,11H2,1-4H3/b10-5+. The molecule has 1 aromatic rings. The van der Waals surface area contributed by atoms with E-state index in [1.165, 1.54) is 17.2 Å². The fourth-order valence-corrected chi connectivity index (χ4v) is 1.46. The first-order chi connectivity index (χ1) is 9.37. The average molecular weight is 279 g/mol. The van der Waals surface area contributed by atoms with Crippen LogP contribution in [0.1, 0.15) is 20.8 Å². The third-order valence-corrected chi connectivity index (χ3v) is 2.30. The maximum absolute atomic E-state index is 12.2. The highest BCUT2D eigenvalue weighted by atomic mass is 16.6. The van der Waals surface area contributed by atoms with Crippen molar-refractivity contribution in [1.82, 2.24) is 0 Å². The van der Waals surface area contributed by atoms with E-state index in [0.29, 0.717) is 11.4 Å². The first kappa shape index (κ1) is 16.0. The number of amides is 1. The second-order valence-corrected chi connectivity index (χ2v) is 5.12. The maximum atomic E-state index is 12.2. The van der Waals surface area contributed by atoms with E-state index in [9.17, 15) is 4.79 Å². The van der Waals surface area contributed by atoms with Crippen LogP contribution in [0.2, 0.25) is 0 Å². The highest BCUT2D eigenvalue weighted by Gasteiger charge is 2.21. The number of nitrogens with zero attached hydrogens (tertiary/aromatic N) is 1. The van der Waals surface area contributed by atoms with Crippen LogP contribution >= 0.6 is 0 Å². The fourth-order valence-electron chi connectivity index (χ4n) is 1.46. The summed E-state index contributed by atoms with van der Waals surface area (Å²) in [5, 5.41) is 8.87. The van der Waals surface area contributed by atoms with Gasteiger partial charge in [-0.1, -0.05) is 0 Å². The van der Waals surface area contributed by atoms with Gasteiger partial charge in [-0.2, -0.15) is 0 Å². The molecule has 1 aromatic carbocycles. The minimum absolute atomic E-state index is 0.157. The number of hydrogen-bond donors (Lipinski definition) is 1. The minimum Gasteiger partial charge on any atom is -0.497 e. The molecular formula is C15H21NO4. The van der Waals surface area contributed by atoms with E-state index in [0.717, 1.165) is 0 Å². The van der Waals surface area contributed by atoms with Crippen LogP contribution in [0.4, 0.5) is 10.5 Å². The second kappa shape index (κ2) is 6.96. The smallest absolute Gasteiger partial charge is 0.418 e. The van der Waals surface area contributed by atoms with Gasteiger partial charge in [0.2, 0.25) is 0 Å². The van der Waals surface area contributed by atoms with Crippen LogP contribution in [0.3, 0.4) is 0 Å². The number of rotatable bonds is 4. The van der Waals surface area contributed by atoms with Crippen molar-refractivity contribution in [1.29, 1.82) is 0 Å². The summed E-state index contributed by atoms with van der Waals surface area (Å²) in [4.78, 5) is 13.5. The van der Waals surface area contributed by atoms with E-state index in [1.54, 1.807) is 52.1 Å². The fraction of sp³-hybridized carbons (Fsp3) is 0.400. The molecule has 0 aromatic heterocycles. The van der Waals surface area contributed by atoms with Crippen LogP contribution in [0.25, 0.3) is 0 Å². The predicted molar refractivity (Wildman–Crippen MR) is 77.9 cm³/mol. The van der Waals surface area contributed by atoms with Crippen molar-refractivity contribution < 1.29 is 19.4 Å². The number of methoxy groups -OCH3 is 1. The summed E-state index contributed by atoms with van der Waals surface area (Å²) in [6.07, 6.45) is 2.44. The molecule has 0 saturated carbocycles. The van der Waals surface area contributed by atoms with Crippen LogP contribution in [0.15, 0.2) is 36.5 Å². The lowest BCUT2D eigenvalue weighted by Gasteiger charge is -2.25. The Morgan fingerprint density at radius 1 is 1.30 bits per heavy atom. The van der Waals surface area contributed by atoms with Gasteiger partial charge in [0.05, 0.1) is 19.4 Å². The Kier molecular flexibility index (Phi) is 5.58. The topological polar surface area (TPSA) is 59.0 Å². The molecule has 0 spiro atoms. The molecule has 20 heavy (non-hydrogen) atoms. The molecule has 0 bridgehead atoms. The monoisotopic (exact) mass is 279 g/mol. The third-order valence-electron chi connectivity index (χ3n) is 2.30. The van der Waals surface area contributed by atoms with E-state index in [-0.39, 0.29) is 6.61 Å². The molecule has 0 aliphatic carbocycles. The summed E-state index contributed by atoms with van der Waals surface area (Å²) in [5.74, 6) is 0.698. The first-order valence-corrected chi connectivity index (χ1v) is 6.31. The summed E-state index contributed by atoms with van der Waals surface area (Å²) >= 11 is 0. The number of aliphatic hydroxyl groups is 1. The molecule has 1 N–H and O–H groups in total. The Bertz CT molecular complexity index is 460. The van der Waals surface area contributed by atoms with E-state index in [2.05, 4.69) is 0 Å². The summed E-state index contributed by atoms with van der Waals surface area (Å²) in [5.41, 5.74) is 0.0410. The zero-order valence-corrected chi connectivity index (χ0v) is 12.3. The van der Waals surface area contributed by atoms with Crippen molar-refractivity contribution >= 4 is 11.8 Å². The lowest BCUT2D eigenvalue weighted by Crippen LogP contribution is -2.33. The predicted octanol–water partition coefficient (Wildman–Crippen LogP) is 2.94. The molecule has 0 fully saturated rings. The zero-order chi connectivity index (χ0) is 15.2. The molecule has 0 aliphatic rings. The number of carbonyl (C=O) groups excluding carboxylic acids is 1. The molecule has 0 atom stereocenters. The third kappa shape index (κ3) is 4.93. The molecule has 1 amide bonds. The highest BCUT2D eigenvalue weighted by molar-refractivity contribution is 5.89. The van der Waals surface area contributed by atoms with Gasteiger partial charge in [-0.25, -0.2) is 4.79 Å². The van der Waals surface area contributed by atoms with Crippen LogP contribution in [-0.2, 0) is 4.74 Å². The van der Waals surface area contributed by atoms with Gasteiger partial charge < -0.3 is 14.6 Å². The van der Waals surface area contributed by atoms with E-state index in [4.69, 9.17) is 14.6 Å². The highest BCUT2D eigenvalue weighted by Crippen LogP contribution is 2.22. The molecule has 5 nitrogen and oxygen atoms in total. The molecule has 1 rings (SSSR count). The quantitative estimate of drug-likeness (QED) is 0.920. The van der Waals surface area contributed by atoms with Gasteiger partial charge in [-0.3, -0.25) is 4.90 Å². The van der Waals surface area contributed by atoms with Crippen LogP contribution in [-0.4, -0.2) is 30.5 Å².